The number of thiazole rings is 1. The van der Waals surface area contributed by atoms with Crippen molar-refractivity contribution in [2.24, 2.45) is 0 Å². The van der Waals surface area contributed by atoms with Crippen molar-refractivity contribution in [2.45, 2.75) is 34.1 Å². The van der Waals surface area contributed by atoms with E-state index < -0.39 is 6.03 Å². The maximum absolute atomic E-state index is 13.1. The monoisotopic (exact) mass is 478 g/mol. The van der Waals surface area contributed by atoms with Gasteiger partial charge in [-0.2, -0.15) is 0 Å². The molecule has 1 aliphatic heterocycles. The molecule has 2 heterocycles. The van der Waals surface area contributed by atoms with Crippen molar-refractivity contribution < 1.29 is 14.3 Å². The van der Waals surface area contributed by atoms with E-state index >= 15 is 0 Å². The number of aromatic nitrogens is 1. The molecule has 1 saturated heterocycles. The SMILES string of the molecule is Cc1cc(C)c(CC(=O)c2sc(NC(=O)Nc3ccccc3N3CCOCC3)nc2C)c(C)c1. The lowest BCUT2D eigenvalue weighted by molar-refractivity contribution is 0.0995. The van der Waals surface area contributed by atoms with Gasteiger partial charge in [-0.05, 0) is 56.5 Å². The number of amides is 2. The summed E-state index contributed by atoms with van der Waals surface area (Å²) in [4.78, 5) is 33.0. The fourth-order valence-electron chi connectivity index (χ4n) is 4.35. The minimum absolute atomic E-state index is 0.0103. The Morgan fingerprint density at radius 1 is 1.03 bits per heavy atom. The van der Waals surface area contributed by atoms with Gasteiger partial charge in [-0.3, -0.25) is 10.1 Å². The number of aryl methyl sites for hydroxylation is 4. The molecule has 0 aliphatic carbocycles. The average Bonchev–Trinajstić information content (AvgIpc) is 3.16. The second-order valence-electron chi connectivity index (χ2n) is 8.61. The second-order valence-corrected chi connectivity index (χ2v) is 9.61. The number of nitrogens with one attached hydrogen (secondary N) is 2. The summed E-state index contributed by atoms with van der Waals surface area (Å²) in [5.41, 5.74) is 6.77. The van der Waals surface area contributed by atoms with Crippen LogP contribution in [0.5, 0.6) is 0 Å². The number of carbonyl (C=O) groups is 2. The lowest BCUT2D eigenvalue weighted by Crippen LogP contribution is -2.36. The number of hydrogen-bond donors (Lipinski definition) is 2. The zero-order chi connectivity index (χ0) is 24.2. The number of Topliss-reactive ketones (excluding diaryl/α,β-unsaturated/α-hetero) is 1. The Morgan fingerprint density at radius 2 is 1.71 bits per heavy atom. The first-order valence-electron chi connectivity index (χ1n) is 11.4. The van der Waals surface area contributed by atoms with Crippen molar-refractivity contribution in [2.75, 3.05) is 41.8 Å². The van der Waals surface area contributed by atoms with Gasteiger partial charge in [0.15, 0.2) is 10.9 Å². The summed E-state index contributed by atoms with van der Waals surface area (Å²) in [7, 11) is 0. The largest absolute Gasteiger partial charge is 0.378 e. The van der Waals surface area contributed by atoms with Gasteiger partial charge in [0.05, 0.1) is 35.2 Å². The van der Waals surface area contributed by atoms with Crippen molar-refractivity contribution >= 4 is 39.7 Å². The summed E-state index contributed by atoms with van der Waals surface area (Å²) in [5, 5.41) is 6.12. The number of benzene rings is 2. The highest BCUT2D eigenvalue weighted by Crippen LogP contribution is 2.28. The number of carbonyl (C=O) groups excluding carboxylic acids is 2. The van der Waals surface area contributed by atoms with Gasteiger partial charge >= 0.3 is 6.03 Å². The maximum atomic E-state index is 13.1. The van der Waals surface area contributed by atoms with E-state index in [2.05, 4.69) is 39.6 Å². The smallest absolute Gasteiger partial charge is 0.325 e. The molecule has 2 N–H and O–H groups in total. The van der Waals surface area contributed by atoms with Gasteiger partial charge in [0, 0.05) is 19.5 Å². The van der Waals surface area contributed by atoms with Crippen molar-refractivity contribution in [3.63, 3.8) is 0 Å². The number of ketones is 1. The average molecular weight is 479 g/mol. The topological polar surface area (TPSA) is 83.6 Å². The van der Waals surface area contributed by atoms with E-state index in [1.807, 2.05) is 38.1 Å². The van der Waals surface area contributed by atoms with E-state index in [4.69, 9.17) is 4.74 Å². The summed E-state index contributed by atoms with van der Waals surface area (Å²) in [6.07, 6.45) is 0.319. The molecule has 4 rings (SSSR count). The number of para-hydroxylation sites is 2. The van der Waals surface area contributed by atoms with Crippen LogP contribution < -0.4 is 15.5 Å². The third-order valence-electron chi connectivity index (χ3n) is 5.95. The number of anilines is 3. The molecule has 2 amide bonds. The number of rotatable bonds is 6. The molecule has 2 aromatic carbocycles. The van der Waals surface area contributed by atoms with Gasteiger partial charge in [0.1, 0.15) is 0 Å². The molecule has 8 heteroatoms. The highest BCUT2D eigenvalue weighted by molar-refractivity contribution is 7.17. The second kappa shape index (κ2) is 10.4. The van der Waals surface area contributed by atoms with Crippen LogP contribution in [0.1, 0.15) is 37.6 Å². The predicted molar refractivity (Wildman–Crippen MR) is 138 cm³/mol. The number of nitrogens with zero attached hydrogens (tertiary/aromatic N) is 2. The first-order chi connectivity index (χ1) is 16.3. The van der Waals surface area contributed by atoms with Crippen LogP contribution in [-0.4, -0.2) is 43.1 Å². The Morgan fingerprint density at radius 3 is 2.41 bits per heavy atom. The molecule has 178 valence electrons. The van der Waals surface area contributed by atoms with Crippen molar-refractivity contribution in [1.29, 1.82) is 0 Å². The molecule has 0 bridgehead atoms. The number of morpholine rings is 1. The molecule has 0 atom stereocenters. The number of hydrogen-bond acceptors (Lipinski definition) is 6. The lowest BCUT2D eigenvalue weighted by atomic mass is 9.95. The van der Waals surface area contributed by atoms with Gasteiger partial charge < -0.3 is 15.0 Å². The van der Waals surface area contributed by atoms with Crippen LogP contribution >= 0.6 is 11.3 Å². The third kappa shape index (κ3) is 5.46. The van der Waals surface area contributed by atoms with E-state index in [1.54, 1.807) is 6.92 Å². The van der Waals surface area contributed by atoms with Crippen LogP contribution in [0, 0.1) is 27.7 Å². The summed E-state index contributed by atoms with van der Waals surface area (Å²) >= 11 is 1.21. The molecule has 7 nitrogen and oxygen atoms in total. The predicted octanol–water partition coefficient (Wildman–Crippen LogP) is 5.28. The fraction of sp³-hybridized carbons (Fsp3) is 0.346. The summed E-state index contributed by atoms with van der Waals surface area (Å²) in [6, 6.07) is 11.5. The molecular formula is C26H30N4O3S. The van der Waals surface area contributed by atoms with Gasteiger partial charge in [0.25, 0.3) is 0 Å². The molecule has 1 aliphatic rings. The fourth-order valence-corrected chi connectivity index (χ4v) is 5.25. The van der Waals surface area contributed by atoms with Gasteiger partial charge in [-0.15, -0.1) is 0 Å². The minimum atomic E-state index is -0.390. The Balaban J connectivity index is 1.44. The van der Waals surface area contributed by atoms with Crippen LogP contribution in [0.15, 0.2) is 36.4 Å². The van der Waals surface area contributed by atoms with E-state index in [-0.39, 0.29) is 5.78 Å². The van der Waals surface area contributed by atoms with Crippen molar-refractivity contribution in [3.8, 4) is 0 Å². The lowest BCUT2D eigenvalue weighted by Gasteiger charge is -2.30. The van der Waals surface area contributed by atoms with Crippen molar-refractivity contribution in [1.82, 2.24) is 4.98 Å². The summed E-state index contributed by atoms with van der Waals surface area (Å²) in [5.74, 6) is 0.0103. The van der Waals surface area contributed by atoms with Crippen LogP contribution in [0.25, 0.3) is 0 Å². The normalized spacial score (nSPS) is 13.6. The Labute approximate surface area is 204 Å². The van der Waals surface area contributed by atoms with E-state index in [0.717, 1.165) is 41.2 Å². The van der Waals surface area contributed by atoms with E-state index in [1.165, 1.54) is 16.9 Å². The quantitative estimate of drug-likeness (QED) is 0.471. The summed E-state index contributed by atoms with van der Waals surface area (Å²) < 4.78 is 5.43. The van der Waals surface area contributed by atoms with Crippen LogP contribution in [0.3, 0.4) is 0 Å². The highest BCUT2D eigenvalue weighted by atomic mass is 32.1. The standard InChI is InChI=1S/C26H30N4O3S/c1-16-13-17(2)20(18(3)14-16)15-23(31)24-19(4)27-26(34-24)29-25(32)28-21-7-5-6-8-22(21)30-9-11-33-12-10-30/h5-8,13-14H,9-12,15H2,1-4H3,(H2,27,28,29,32). The third-order valence-corrected chi connectivity index (χ3v) is 7.07. The number of ether oxygens (including phenoxy) is 1. The molecule has 0 spiro atoms. The van der Waals surface area contributed by atoms with Crippen LogP contribution in [-0.2, 0) is 11.2 Å². The zero-order valence-electron chi connectivity index (χ0n) is 20.0. The molecule has 1 fully saturated rings. The van der Waals surface area contributed by atoms with E-state index in [9.17, 15) is 9.59 Å². The molecular weight excluding hydrogens is 448 g/mol. The minimum Gasteiger partial charge on any atom is -0.378 e. The Hall–Kier alpha value is -3.23. The maximum Gasteiger partial charge on any atom is 0.325 e. The molecule has 0 radical (unpaired) electrons. The molecule has 34 heavy (non-hydrogen) atoms. The first-order valence-corrected chi connectivity index (χ1v) is 12.2. The van der Waals surface area contributed by atoms with Crippen LogP contribution in [0.4, 0.5) is 21.3 Å². The highest BCUT2D eigenvalue weighted by Gasteiger charge is 2.20. The summed E-state index contributed by atoms with van der Waals surface area (Å²) in [6.45, 7) is 10.8. The van der Waals surface area contributed by atoms with Gasteiger partial charge in [0.2, 0.25) is 0 Å². The first kappa shape index (κ1) is 23.9. The van der Waals surface area contributed by atoms with Crippen molar-refractivity contribution in [3.05, 3.63) is 69.2 Å². The Kier molecular flexibility index (Phi) is 7.29. The molecule has 0 saturated carbocycles. The van der Waals surface area contributed by atoms with E-state index in [0.29, 0.717) is 35.3 Å². The van der Waals surface area contributed by atoms with Crippen LogP contribution in [0.2, 0.25) is 0 Å². The Bertz CT molecular complexity index is 1190. The number of urea groups is 1. The van der Waals surface area contributed by atoms with Gasteiger partial charge in [-0.25, -0.2) is 9.78 Å². The van der Waals surface area contributed by atoms with Gasteiger partial charge in [-0.1, -0.05) is 41.2 Å². The molecule has 0 unspecified atom stereocenters. The molecule has 3 aromatic rings. The molecule has 1 aromatic heterocycles. The zero-order valence-corrected chi connectivity index (χ0v) is 20.8.